The van der Waals surface area contributed by atoms with E-state index in [0.29, 0.717) is 11.8 Å². The zero-order chi connectivity index (χ0) is 10.3. The Morgan fingerprint density at radius 3 is 1.43 bits per heavy atom. The molecule has 2 heteroatoms. The summed E-state index contributed by atoms with van der Waals surface area (Å²) in [6.45, 7) is 8.45. The average molecular weight is 192 g/mol. The summed E-state index contributed by atoms with van der Waals surface area (Å²) >= 11 is 0. The van der Waals surface area contributed by atoms with Crippen LogP contribution in [0.25, 0.3) is 11.2 Å². The van der Waals surface area contributed by atoms with E-state index < -0.39 is 0 Å². The van der Waals surface area contributed by atoms with Crippen molar-refractivity contribution in [2.24, 2.45) is 0 Å². The molecule has 0 aliphatic rings. The van der Waals surface area contributed by atoms with Crippen molar-refractivity contribution >= 4 is 11.2 Å². The second kappa shape index (κ2) is 3.19. The Kier molecular flexibility index (Phi) is 2.14. The molecule has 0 radical (unpaired) electrons. The van der Waals surface area contributed by atoms with Gasteiger partial charge in [-0.1, -0.05) is 27.7 Å². The SMILES string of the molecule is CC(C)c1cc2oc(C(C)C)cc2o1. The van der Waals surface area contributed by atoms with E-state index in [1.54, 1.807) is 0 Å². The van der Waals surface area contributed by atoms with Crippen molar-refractivity contribution in [2.75, 3.05) is 0 Å². The molecule has 0 aromatic carbocycles. The van der Waals surface area contributed by atoms with Crippen molar-refractivity contribution in [3.63, 3.8) is 0 Å². The smallest absolute Gasteiger partial charge is 0.172 e. The van der Waals surface area contributed by atoms with Gasteiger partial charge in [0.25, 0.3) is 0 Å². The lowest BCUT2D eigenvalue weighted by molar-refractivity contribution is 0.518. The van der Waals surface area contributed by atoms with Crippen molar-refractivity contribution in [1.29, 1.82) is 0 Å². The van der Waals surface area contributed by atoms with Gasteiger partial charge in [0.05, 0.1) is 0 Å². The van der Waals surface area contributed by atoms with Crippen LogP contribution in [0.5, 0.6) is 0 Å². The quantitative estimate of drug-likeness (QED) is 0.710. The first-order valence-electron chi connectivity index (χ1n) is 5.11. The second-order valence-electron chi connectivity index (χ2n) is 4.34. The Hall–Kier alpha value is -1.18. The Labute approximate surface area is 83.9 Å². The zero-order valence-corrected chi connectivity index (χ0v) is 9.13. The summed E-state index contributed by atoms with van der Waals surface area (Å²) in [6.07, 6.45) is 0. The van der Waals surface area contributed by atoms with Crippen molar-refractivity contribution in [3.8, 4) is 0 Å². The van der Waals surface area contributed by atoms with Gasteiger partial charge in [-0.15, -0.1) is 0 Å². The fourth-order valence-electron chi connectivity index (χ4n) is 1.44. The lowest BCUT2D eigenvalue weighted by atomic mass is 10.2. The molecule has 0 N–H and O–H groups in total. The second-order valence-corrected chi connectivity index (χ2v) is 4.34. The van der Waals surface area contributed by atoms with Gasteiger partial charge in [0.15, 0.2) is 11.2 Å². The number of rotatable bonds is 2. The topological polar surface area (TPSA) is 26.3 Å². The first-order valence-corrected chi connectivity index (χ1v) is 5.11. The molecule has 2 aromatic heterocycles. The molecule has 0 saturated heterocycles. The van der Waals surface area contributed by atoms with Crippen LogP contribution in [0.15, 0.2) is 21.0 Å². The lowest BCUT2D eigenvalue weighted by Crippen LogP contribution is -1.82. The first kappa shape index (κ1) is 9.38. The van der Waals surface area contributed by atoms with Crippen molar-refractivity contribution < 1.29 is 8.83 Å². The Bertz CT molecular complexity index is 363. The van der Waals surface area contributed by atoms with E-state index >= 15 is 0 Å². The van der Waals surface area contributed by atoms with E-state index in [-0.39, 0.29) is 0 Å². The molecule has 0 unspecified atom stereocenters. The molecule has 0 bridgehead atoms. The van der Waals surface area contributed by atoms with Gasteiger partial charge in [0, 0.05) is 24.0 Å². The van der Waals surface area contributed by atoms with Crippen LogP contribution in [0.4, 0.5) is 0 Å². The standard InChI is InChI=1S/C12H16O2/c1-7(2)9-5-11-12(13-9)6-10(14-11)8(3)4/h5-8H,1-4H3. The molecule has 0 amide bonds. The maximum atomic E-state index is 5.67. The van der Waals surface area contributed by atoms with E-state index in [2.05, 4.69) is 27.7 Å². The van der Waals surface area contributed by atoms with E-state index in [9.17, 15) is 0 Å². The van der Waals surface area contributed by atoms with Gasteiger partial charge in [0.1, 0.15) is 11.5 Å². The van der Waals surface area contributed by atoms with Crippen LogP contribution < -0.4 is 0 Å². The Morgan fingerprint density at radius 2 is 1.14 bits per heavy atom. The fraction of sp³-hybridized carbons (Fsp3) is 0.500. The van der Waals surface area contributed by atoms with Gasteiger partial charge in [-0.05, 0) is 0 Å². The summed E-state index contributed by atoms with van der Waals surface area (Å²) in [6, 6.07) is 3.98. The summed E-state index contributed by atoms with van der Waals surface area (Å²) in [5, 5.41) is 0. The van der Waals surface area contributed by atoms with E-state index in [1.807, 2.05) is 12.1 Å². The van der Waals surface area contributed by atoms with Crippen LogP contribution in [-0.2, 0) is 0 Å². The summed E-state index contributed by atoms with van der Waals surface area (Å²) in [5.41, 5.74) is 1.75. The lowest BCUT2D eigenvalue weighted by Gasteiger charge is -1.98. The van der Waals surface area contributed by atoms with Gasteiger partial charge in [-0.25, -0.2) is 0 Å². The zero-order valence-electron chi connectivity index (χ0n) is 9.13. The molecule has 0 atom stereocenters. The van der Waals surface area contributed by atoms with Gasteiger partial charge < -0.3 is 8.83 Å². The third-order valence-corrected chi connectivity index (χ3v) is 2.38. The summed E-state index contributed by atoms with van der Waals surface area (Å²) < 4.78 is 11.3. The molecule has 2 heterocycles. The van der Waals surface area contributed by atoms with Crippen LogP contribution in [0.3, 0.4) is 0 Å². The predicted molar refractivity (Wildman–Crippen MR) is 56.7 cm³/mol. The molecule has 0 fully saturated rings. The molecular formula is C12H16O2. The molecule has 2 rings (SSSR count). The van der Waals surface area contributed by atoms with Crippen molar-refractivity contribution in [3.05, 3.63) is 23.7 Å². The summed E-state index contributed by atoms with van der Waals surface area (Å²) in [5.74, 6) is 2.82. The minimum absolute atomic E-state index is 0.417. The highest BCUT2D eigenvalue weighted by molar-refractivity contribution is 5.72. The Balaban J connectivity index is 2.45. The number of hydrogen-bond acceptors (Lipinski definition) is 2. The molecule has 0 spiro atoms. The molecule has 0 aliphatic heterocycles. The van der Waals surface area contributed by atoms with Gasteiger partial charge >= 0.3 is 0 Å². The van der Waals surface area contributed by atoms with Crippen LogP contribution >= 0.6 is 0 Å². The molecular weight excluding hydrogens is 176 g/mol. The van der Waals surface area contributed by atoms with E-state index in [1.165, 1.54) is 0 Å². The maximum Gasteiger partial charge on any atom is 0.172 e. The van der Waals surface area contributed by atoms with Crippen molar-refractivity contribution in [2.45, 2.75) is 39.5 Å². The molecule has 14 heavy (non-hydrogen) atoms. The largest absolute Gasteiger partial charge is 0.457 e. The minimum Gasteiger partial charge on any atom is -0.457 e. The highest BCUT2D eigenvalue weighted by atomic mass is 16.4. The van der Waals surface area contributed by atoms with Gasteiger partial charge in [-0.2, -0.15) is 0 Å². The normalized spacial score (nSPS) is 12.1. The maximum absolute atomic E-state index is 5.67. The number of fused-ring (bicyclic) bond motifs is 1. The third-order valence-electron chi connectivity index (χ3n) is 2.38. The van der Waals surface area contributed by atoms with Crippen LogP contribution in [0.2, 0.25) is 0 Å². The Morgan fingerprint density at radius 1 is 0.786 bits per heavy atom. The molecule has 2 aromatic rings. The van der Waals surface area contributed by atoms with Crippen LogP contribution in [-0.4, -0.2) is 0 Å². The van der Waals surface area contributed by atoms with Crippen LogP contribution in [0.1, 0.15) is 51.1 Å². The third kappa shape index (κ3) is 1.45. The summed E-state index contributed by atoms with van der Waals surface area (Å²) in [4.78, 5) is 0. The monoisotopic (exact) mass is 192 g/mol. The molecule has 2 nitrogen and oxygen atoms in total. The molecule has 76 valence electrons. The van der Waals surface area contributed by atoms with Crippen molar-refractivity contribution in [1.82, 2.24) is 0 Å². The molecule has 0 aliphatic carbocycles. The highest BCUT2D eigenvalue weighted by Gasteiger charge is 2.13. The first-order chi connectivity index (χ1) is 6.58. The highest BCUT2D eigenvalue weighted by Crippen LogP contribution is 2.30. The average Bonchev–Trinajstić information content (AvgIpc) is 2.57. The van der Waals surface area contributed by atoms with E-state index in [4.69, 9.17) is 8.83 Å². The van der Waals surface area contributed by atoms with Crippen LogP contribution in [0, 0.1) is 0 Å². The minimum atomic E-state index is 0.417. The predicted octanol–water partition coefficient (Wildman–Crippen LogP) is 4.27. The fourth-order valence-corrected chi connectivity index (χ4v) is 1.44. The number of furan rings is 2. The number of hydrogen-bond donors (Lipinski definition) is 0. The molecule has 0 saturated carbocycles. The van der Waals surface area contributed by atoms with Gasteiger partial charge in [0.2, 0.25) is 0 Å². The van der Waals surface area contributed by atoms with Gasteiger partial charge in [-0.3, -0.25) is 0 Å². The van der Waals surface area contributed by atoms with E-state index in [0.717, 1.165) is 22.7 Å². The summed E-state index contributed by atoms with van der Waals surface area (Å²) in [7, 11) is 0.